The van der Waals surface area contributed by atoms with Crippen LogP contribution in [0, 0.1) is 6.92 Å². The Labute approximate surface area is 110 Å². The molecule has 0 saturated carbocycles. The lowest BCUT2D eigenvalue weighted by atomic mass is 9.95. The Bertz CT molecular complexity index is 662. The summed E-state index contributed by atoms with van der Waals surface area (Å²) in [6.45, 7) is 1.75. The molecule has 0 aromatic heterocycles. The highest BCUT2D eigenvalue weighted by Gasteiger charge is 2.12. The van der Waals surface area contributed by atoms with E-state index in [-0.39, 0.29) is 5.56 Å². The number of carbonyl (C=O) groups is 2. The maximum atomic E-state index is 11.2. The third kappa shape index (κ3) is 2.47. The van der Waals surface area contributed by atoms with E-state index in [0.29, 0.717) is 11.1 Å². The summed E-state index contributed by atoms with van der Waals surface area (Å²) in [5.41, 5.74) is 8.12. The zero-order valence-corrected chi connectivity index (χ0v) is 10.4. The summed E-state index contributed by atoms with van der Waals surface area (Å²) in [6, 6.07) is 11.9. The molecule has 2 aromatic rings. The first-order valence-corrected chi connectivity index (χ1v) is 5.74. The molecule has 0 saturated heterocycles. The van der Waals surface area contributed by atoms with Crippen molar-refractivity contribution in [2.24, 2.45) is 5.73 Å². The molecule has 2 aromatic carbocycles. The molecule has 0 radical (unpaired) electrons. The number of carbonyl (C=O) groups excluding carboxylic acids is 1. The van der Waals surface area contributed by atoms with Crippen molar-refractivity contribution in [1.82, 2.24) is 0 Å². The molecule has 96 valence electrons. The number of aromatic carboxylic acids is 1. The molecule has 4 heteroatoms. The lowest BCUT2D eigenvalue weighted by Crippen LogP contribution is -2.10. The van der Waals surface area contributed by atoms with Crippen molar-refractivity contribution < 1.29 is 14.7 Å². The fraction of sp³-hybridized carbons (Fsp3) is 0.0667. The fourth-order valence-electron chi connectivity index (χ4n) is 2.02. The molecule has 2 rings (SSSR count). The van der Waals surface area contributed by atoms with Gasteiger partial charge in [-0.25, -0.2) is 4.79 Å². The quantitative estimate of drug-likeness (QED) is 0.884. The molecule has 0 aliphatic rings. The minimum atomic E-state index is -0.967. The molecule has 0 fully saturated rings. The second-order valence-electron chi connectivity index (χ2n) is 4.23. The molecule has 0 bridgehead atoms. The van der Waals surface area contributed by atoms with Gasteiger partial charge in [-0.15, -0.1) is 0 Å². The summed E-state index contributed by atoms with van der Waals surface area (Å²) in [7, 11) is 0. The summed E-state index contributed by atoms with van der Waals surface area (Å²) < 4.78 is 0. The first-order valence-electron chi connectivity index (χ1n) is 5.74. The first-order chi connectivity index (χ1) is 9.00. The van der Waals surface area contributed by atoms with E-state index in [9.17, 15) is 9.59 Å². The van der Waals surface area contributed by atoms with Gasteiger partial charge in [-0.1, -0.05) is 24.3 Å². The standard InChI is InChI=1S/C15H13NO3/c1-9-12(6-3-7-13(9)15(18)19)10-4-2-5-11(8-10)14(16)17/h2-8H,1H3,(H2,16,17)(H,18,19). The molecule has 0 unspecified atom stereocenters. The van der Waals surface area contributed by atoms with E-state index < -0.39 is 11.9 Å². The van der Waals surface area contributed by atoms with Crippen molar-refractivity contribution in [1.29, 1.82) is 0 Å². The first kappa shape index (κ1) is 12.8. The van der Waals surface area contributed by atoms with Gasteiger partial charge in [0.25, 0.3) is 0 Å². The third-order valence-electron chi connectivity index (χ3n) is 3.02. The minimum Gasteiger partial charge on any atom is -0.478 e. The number of nitrogens with two attached hydrogens (primary N) is 1. The number of benzene rings is 2. The Hall–Kier alpha value is -2.62. The largest absolute Gasteiger partial charge is 0.478 e. The molecule has 19 heavy (non-hydrogen) atoms. The Morgan fingerprint density at radius 1 is 1.11 bits per heavy atom. The molecule has 4 nitrogen and oxygen atoms in total. The van der Waals surface area contributed by atoms with Crippen LogP contribution in [0.1, 0.15) is 26.3 Å². The van der Waals surface area contributed by atoms with Crippen LogP contribution in [0.2, 0.25) is 0 Å². The summed E-state index contributed by atoms with van der Waals surface area (Å²) in [4.78, 5) is 22.3. The zero-order valence-electron chi connectivity index (χ0n) is 10.4. The number of hydrogen-bond acceptors (Lipinski definition) is 2. The molecule has 0 heterocycles. The van der Waals surface area contributed by atoms with E-state index in [0.717, 1.165) is 11.1 Å². The van der Waals surface area contributed by atoms with E-state index in [2.05, 4.69) is 0 Å². The van der Waals surface area contributed by atoms with Gasteiger partial charge in [-0.2, -0.15) is 0 Å². The Morgan fingerprint density at radius 2 is 1.79 bits per heavy atom. The van der Waals surface area contributed by atoms with Crippen LogP contribution in [0.25, 0.3) is 11.1 Å². The van der Waals surface area contributed by atoms with Crippen LogP contribution in [-0.4, -0.2) is 17.0 Å². The van der Waals surface area contributed by atoms with Gasteiger partial charge in [0.05, 0.1) is 5.56 Å². The van der Waals surface area contributed by atoms with Gasteiger partial charge >= 0.3 is 5.97 Å². The monoisotopic (exact) mass is 255 g/mol. The van der Waals surface area contributed by atoms with Gasteiger partial charge in [0, 0.05) is 5.56 Å². The Kier molecular flexibility index (Phi) is 3.33. The highest BCUT2D eigenvalue weighted by molar-refractivity contribution is 5.95. The zero-order chi connectivity index (χ0) is 14.0. The van der Waals surface area contributed by atoms with Crippen LogP contribution in [0.15, 0.2) is 42.5 Å². The highest BCUT2D eigenvalue weighted by Crippen LogP contribution is 2.26. The molecule has 1 amide bonds. The van der Waals surface area contributed by atoms with Crippen LogP contribution in [0.4, 0.5) is 0 Å². The van der Waals surface area contributed by atoms with Gasteiger partial charge in [-0.05, 0) is 41.8 Å². The van der Waals surface area contributed by atoms with Gasteiger partial charge < -0.3 is 10.8 Å². The normalized spacial score (nSPS) is 10.2. The number of carboxylic acids is 1. The molecule has 0 atom stereocenters. The van der Waals surface area contributed by atoms with Crippen molar-refractivity contribution in [2.45, 2.75) is 6.92 Å². The van der Waals surface area contributed by atoms with Crippen molar-refractivity contribution in [3.05, 3.63) is 59.2 Å². The third-order valence-corrected chi connectivity index (χ3v) is 3.02. The fourth-order valence-corrected chi connectivity index (χ4v) is 2.02. The van der Waals surface area contributed by atoms with Crippen LogP contribution >= 0.6 is 0 Å². The SMILES string of the molecule is Cc1c(C(=O)O)cccc1-c1cccc(C(N)=O)c1. The van der Waals surface area contributed by atoms with Crippen LogP contribution < -0.4 is 5.73 Å². The summed E-state index contributed by atoms with van der Waals surface area (Å²) in [5, 5.41) is 9.11. The molecule has 0 aliphatic carbocycles. The molecular formula is C15H13NO3. The van der Waals surface area contributed by atoms with Crippen molar-refractivity contribution in [3.8, 4) is 11.1 Å². The highest BCUT2D eigenvalue weighted by atomic mass is 16.4. The van der Waals surface area contributed by atoms with Gasteiger partial charge in [0.1, 0.15) is 0 Å². The van der Waals surface area contributed by atoms with Crippen LogP contribution in [-0.2, 0) is 0 Å². The average molecular weight is 255 g/mol. The Morgan fingerprint density at radius 3 is 2.42 bits per heavy atom. The molecule has 0 aliphatic heterocycles. The predicted molar refractivity (Wildman–Crippen MR) is 72.1 cm³/mol. The van der Waals surface area contributed by atoms with E-state index in [1.165, 1.54) is 0 Å². The lowest BCUT2D eigenvalue weighted by molar-refractivity contribution is 0.0696. The van der Waals surface area contributed by atoms with Crippen LogP contribution in [0.5, 0.6) is 0 Å². The van der Waals surface area contributed by atoms with E-state index in [1.54, 1.807) is 37.3 Å². The van der Waals surface area contributed by atoms with Crippen molar-refractivity contribution >= 4 is 11.9 Å². The molecule has 0 spiro atoms. The maximum Gasteiger partial charge on any atom is 0.335 e. The second-order valence-corrected chi connectivity index (χ2v) is 4.23. The average Bonchev–Trinajstić information content (AvgIpc) is 2.38. The maximum absolute atomic E-state index is 11.2. The summed E-state index contributed by atoms with van der Waals surface area (Å²) in [5.74, 6) is -1.47. The van der Waals surface area contributed by atoms with Gasteiger partial charge in [0.2, 0.25) is 5.91 Å². The van der Waals surface area contributed by atoms with Gasteiger partial charge in [-0.3, -0.25) is 4.79 Å². The van der Waals surface area contributed by atoms with Crippen molar-refractivity contribution in [2.75, 3.05) is 0 Å². The second kappa shape index (κ2) is 4.94. The summed E-state index contributed by atoms with van der Waals surface area (Å²) in [6.07, 6.45) is 0. The Balaban J connectivity index is 2.59. The number of hydrogen-bond donors (Lipinski definition) is 2. The van der Waals surface area contributed by atoms with Crippen LogP contribution in [0.3, 0.4) is 0 Å². The van der Waals surface area contributed by atoms with Gasteiger partial charge in [0.15, 0.2) is 0 Å². The molecular weight excluding hydrogens is 242 g/mol. The predicted octanol–water partition coefficient (Wildman–Crippen LogP) is 2.46. The number of rotatable bonds is 3. The lowest BCUT2D eigenvalue weighted by Gasteiger charge is -2.09. The smallest absolute Gasteiger partial charge is 0.335 e. The minimum absolute atomic E-state index is 0.252. The van der Waals surface area contributed by atoms with E-state index in [4.69, 9.17) is 10.8 Å². The number of primary amides is 1. The summed E-state index contributed by atoms with van der Waals surface area (Å²) >= 11 is 0. The topological polar surface area (TPSA) is 80.4 Å². The number of amides is 1. The van der Waals surface area contributed by atoms with E-state index >= 15 is 0 Å². The number of carboxylic acid groups (broad SMARTS) is 1. The molecule has 3 N–H and O–H groups in total. The van der Waals surface area contributed by atoms with E-state index in [1.807, 2.05) is 12.1 Å². The van der Waals surface area contributed by atoms with Crippen molar-refractivity contribution in [3.63, 3.8) is 0 Å².